The summed E-state index contributed by atoms with van der Waals surface area (Å²) in [6.07, 6.45) is 2.49. The lowest BCUT2D eigenvalue weighted by Crippen LogP contribution is -2.51. The predicted octanol–water partition coefficient (Wildman–Crippen LogP) is 3.97. The molecule has 192 valence electrons. The number of ether oxygens (including phenoxy) is 1. The minimum atomic E-state index is -3.25. The Hall–Kier alpha value is -3.55. The van der Waals surface area contributed by atoms with Crippen LogP contribution in [0.4, 0.5) is 19.7 Å². The minimum Gasteiger partial charge on any atom is -0.494 e. The Kier molecular flexibility index (Phi) is 6.60. The summed E-state index contributed by atoms with van der Waals surface area (Å²) in [6, 6.07) is 3.34. The average molecular weight is 548 g/mol. The highest BCUT2D eigenvalue weighted by Crippen LogP contribution is 2.35. The zero-order chi connectivity index (χ0) is 26.3. The lowest BCUT2D eigenvalue weighted by Gasteiger charge is -2.36. The highest BCUT2D eigenvalue weighted by atomic mass is 35.5. The number of rotatable bonds is 5. The van der Waals surface area contributed by atoms with Crippen molar-refractivity contribution in [1.29, 1.82) is 0 Å². The number of carbonyl (C=O) groups excluding carboxylic acids is 1. The van der Waals surface area contributed by atoms with Gasteiger partial charge < -0.3 is 14.7 Å². The van der Waals surface area contributed by atoms with Crippen molar-refractivity contribution in [2.75, 3.05) is 30.4 Å². The van der Waals surface area contributed by atoms with E-state index >= 15 is 0 Å². The van der Waals surface area contributed by atoms with E-state index in [-0.39, 0.29) is 40.3 Å². The molecular formula is C23H20ClF2N7O3S. The van der Waals surface area contributed by atoms with Crippen LogP contribution in [-0.2, 0) is 0 Å². The molecule has 4 aromatic rings. The topological polar surface area (TPSA) is 126 Å². The quantitative estimate of drug-likeness (QED) is 0.357. The molecule has 1 fully saturated rings. The number of aryl methyl sites for hydroxylation is 1. The summed E-state index contributed by atoms with van der Waals surface area (Å²) >= 11 is 7.16. The lowest BCUT2D eigenvalue weighted by atomic mass is 10.0. The van der Waals surface area contributed by atoms with Crippen LogP contribution in [0, 0.1) is 6.92 Å². The minimum absolute atomic E-state index is 0.0862. The van der Waals surface area contributed by atoms with Crippen molar-refractivity contribution >= 4 is 50.3 Å². The van der Waals surface area contributed by atoms with E-state index in [1.807, 2.05) is 0 Å². The Labute approximate surface area is 218 Å². The zero-order valence-electron chi connectivity index (χ0n) is 19.6. The van der Waals surface area contributed by atoms with Gasteiger partial charge in [-0.15, -0.1) is 0 Å². The number of aliphatic hydroxyl groups excluding tert-OH is 1. The zero-order valence-corrected chi connectivity index (χ0v) is 21.1. The van der Waals surface area contributed by atoms with E-state index in [1.165, 1.54) is 30.6 Å². The van der Waals surface area contributed by atoms with Crippen LogP contribution in [0.25, 0.3) is 21.6 Å². The maximum absolute atomic E-state index is 14.0. The van der Waals surface area contributed by atoms with E-state index in [4.69, 9.17) is 16.3 Å². The van der Waals surface area contributed by atoms with Gasteiger partial charge in [0.05, 0.1) is 31.6 Å². The molecule has 1 amide bonds. The fourth-order valence-electron chi connectivity index (χ4n) is 3.96. The van der Waals surface area contributed by atoms with Gasteiger partial charge in [0, 0.05) is 29.6 Å². The maximum Gasteiger partial charge on any atom is 0.290 e. The van der Waals surface area contributed by atoms with Gasteiger partial charge in [-0.3, -0.25) is 15.1 Å². The highest BCUT2D eigenvalue weighted by Gasteiger charge is 2.44. The second kappa shape index (κ2) is 9.72. The second-order valence-electron chi connectivity index (χ2n) is 8.40. The highest BCUT2D eigenvalue weighted by molar-refractivity contribution is 7.21. The molecule has 1 saturated heterocycles. The van der Waals surface area contributed by atoms with Crippen LogP contribution < -0.4 is 15.0 Å². The molecule has 0 aromatic carbocycles. The van der Waals surface area contributed by atoms with E-state index in [0.717, 1.165) is 11.3 Å². The van der Waals surface area contributed by atoms with Crippen LogP contribution in [0.3, 0.4) is 0 Å². The number of hydrogen-bond donors (Lipinski definition) is 2. The third-order valence-electron chi connectivity index (χ3n) is 5.85. The summed E-state index contributed by atoms with van der Waals surface area (Å²) in [5.41, 5.74) is 2.30. The molecular weight excluding hydrogens is 528 g/mol. The number of nitrogens with one attached hydrogen (secondary N) is 1. The summed E-state index contributed by atoms with van der Waals surface area (Å²) in [4.78, 5) is 36.2. The van der Waals surface area contributed by atoms with Gasteiger partial charge >= 0.3 is 0 Å². The van der Waals surface area contributed by atoms with E-state index in [2.05, 4.69) is 30.2 Å². The third-order valence-corrected chi connectivity index (χ3v) is 6.91. The molecule has 0 radical (unpaired) electrons. The molecule has 0 spiro atoms. The normalized spacial score (nSPS) is 17.1. The Morgan fingerprint density at radius 3 is 2.78 bits per heavy atom. The van der Waals surface area contributed by atoms with E-state index in [1.54, 1.807) is 19.1 Å². The van der Waals surface area contributed by atoms with Gasteiger partial charge in [-0.1, -0.05) is 22.9 Å². The van der Waals surface area contributed by atoms with Crippen LogP contribution in [-0.4, -0.2) is 68.2 Å². The first-order chi connectivity index (χ1) is 17.6. The molecule has 1 aliphatic rings. The maximum atomic E-state index is 14.0. The van der Waals surface area contributed by atoms with Gasteiger partial charge in [0.1, 0.15) is 22.8 Å². The van der Waals surface area contributed by atoms with Crippen molar-refractivity contribution < 1.29 is 23.4 Å². The van der Waals surface area contributed by atoms with E-state index < -0.39 is 24.5 Å². The second-order valence-corrected chi connectivity index (χ2v) is 9.76. The first-order valence-electron chi connectivity index (χ1n) is 11.1. The number of fused-ring (bicyclic) bond motifs is 1. The van der Waals surface area contributed by atoms with Crippen LogP contribution in [0.2, 0.25) is 5.15 Å². The molecule has 37 heavy (non-hydrogen) atoms. The number of methoxy groups -OCH3 is 1. The van der Waals surface area contributed by atoms with E-state index in [9.17, 15) is 18.7 Å². The van der Waals surface area contributed by atoms with Crippen molar-refractivity contribution in [3.05, 3.63) is 47.1 Å². The summed E-state index contributed by atoms with van der Waals surface area (Å²) in [5.74, 6) is -3.06. The largest absolute Gasteiger partial charge is 0.494 e. The van der Waals surface area contributed by atoms with Crippen molar-refractivity contribution in [3.8, 4) is 16.9 Å². The van der Waals surface area contributed by atoms with Crippen LogP contribution in [0.5, 0.6) is 5.75 Å². The van der Waals surface area contributed by atoms with Crippen LogP contribution >= 0.6 is 22.9 Å². The molecule has 14 heteroatoms. The van der Waals surface area contributed by atoms with Gasteiger partial charge in [0.2, 0.25) is 0 Å². The standard InChI is InChI=1S/C23H20ClF2N7O3S/c1-11-5-12(13-6-17(24)28-8-15(13)36-2)14(7-27-11)20(35)32-22-31-19-21(37-22)30-18(9-29-19)33-4-3-16(34)23(25,26)10-33/h5-9,16,34H,3-4,10H2,1-2H3,(H,29,31,32,35)/t16-/m1/s1. The molecule has 2 N–H and O–H groups in total. The van der Waals surface area contributed by atoms with Gasteiger partial charge in [0.15, 0.2) is 15.6 Å². The molecule has 1 aliphatic heterocycles. The number of piperidine rings is 1. The predicted molar refractivity (Wildman–Crippen MR) is 135 cm³/mol. The Bertz CT molecular complexity index is 1500. The lowest BCUT2D eigenvalue weighted by molar-refractivity contribution is -0.113. The van der Waals surface area contributed by atoms with Crippen molar-refractivity contribution in [1.82, 2.24) is 24.9 Å². The van der Waals surface area contributed by atoms with Crippen molar-refractivity contribution in [2.45, 2.75) is 25.4 Å². The molecule has 0 aliphatic carbocycles. The first-order valence-corrected chi connectivity index (χ1v) is 12.3. The number of halogens is 3. The molecule has 1 atom stereocenters. The SMILES string of the molecule is COc1cnc(Cl)cc1-c1cc(C)ncc1C(=O)Nc1nc2ncc(N3CC[C@@H](O)C(F)(F)C3)nc2s1. The number of aliphatic hydroxyl groups is 1. The van der Waals surface area contributed by atoms with Gasteiger partial charge in [-0.2, -0.15) is 4.98 Å². The van der Waals surface area contributed by atoms with Crippen LogP contribution in [0.1, 0.15) is 22.5 Å². The number of anilines is 2. The number of alkyl halides is 2. The molecule has 5 heterocycles. The summed E-state index contributed by atoms with van der Waals surface area (Å²) in [6.45, 7) is 1.34. The number of thiazole rings is 1. The van der Waals surface area contributed by atoms with E-state index in [0.29, 0.717) is 27.4 Å². The number of carbonyl (C=O) groups is 1. The number of amides is 1. The molecule has 0 bridgehead atoms. The molecule has 4 aromatic heterocycles. The number of hydrogen-bond acceptors (Lipinski definition) is 10. The third kappa shape index (κ3) is 5.02. The first kappa shape index (κ1) is 25.1. The Morgan fingerprint density at radius 1 is 1.22 bits per heavy atom. The molecule has 5 rings (SSSR count). The fourth-order valence-corrected chi connectivity index (χ4v) is 4.91. The number of nitrogens with zero attached hydrogens (tertiary/aromatic N) is 6. The van der Waals surface area contributed by atoms with Crippen molar-refractivity contribution in [2.24, 2.45) is 0 Å². The van der Waals surface area contributed by atoms with Gasteiger partial charge in [0.25, 0.3) is 11.8 Å². The van der Waals surface area contributed by atoms with Gasteiger partial charge in [-0.05, 0) is 25.5 Å². The summed E-state index contributed by atoms with van der Waals surface area (Å²) < 4.78 is 33.4. The summed E-state index contributed by atoms with van der Waals surface area (Å²) in [7, 11) is 1.49. The molecule has 0 unspecified atom stereocenters. The Balaban J connectivity index is 1.43. The van der Waals surface area contributed by atoms with Crippen molar-refractivity contribution in [3.63, 3.8) is 0 Å². The van der Waals surface area contributed by atoms with Crippen LogP contribution in [0.15, 0.2) is 30.7 Å². The molecule has 0 saturated carbocycles. The summed E-state index contributed by atoms with van der Waals surface area (Å²) in [5, 5.41) is 12.7. The smallest absolute Gasteiger partial charge is 0.290 e. The number of pyridine rings is 2. The monoisotopic (exact) mass is 547 g/mol. The van der Waals surface area contributed by atoms with Gasteiger partial charge in [-0.25, -0.2) is 23.7 Å². The fraction of sp³-hybridized carbons (Fsp3) is 0.304. The Morgan fingerprint density at radius 2 is 2.03 bits per heavy atom. The molecule has 10 nitrogen and oxygen atoms in total. The average Bonchev–Trinajstić information content (AvgIpc) is 3.26. The number of aromatic nitrogens is 5.